The van der Waals surface area contributed by atoms with Gasteiger partial charge in [0.05, 0.1) is 0 Å². The second kappa shape index (κ2) is 6.99. The van der Waals surface area contributed by atoms with Crippen molar-refractivity contribution in [2.45, 2.75) is 26.8 Å². The van der Waals surface area contributed by atoms with E-state index in [0.717, 1.165) is 19.6 Å². The normalized spacial score (nSPS) is 12.4. The van der Waals surface area contributed by atoms with E-state index in [2.05, 4.69) is 24.1 Å². The average molecular weight is 266 g/mol. The summed E-state index contributed by atoms with van der Waals surface area (Å²) in [6, 6.07) is 4.06. The van der Waals surface area contributed by atoms with Crippen molar-refractivity contribution in [3.63, 3.8) is 0 Å². The molecule has 0 saturated carbocycles. The number of nitrogens with one attached hydrogen (secondary N) is 1. The first-order valence-corrected chi connectivity index (χ1v) is 6.53. The molecule has 1 aromatic rings. The van der Waals surface area contributed by atoms with Crippen LogP contribution in [0.1, 0.15) is 31.1 Å². The molecule has 0 aromatic heterocycles. The Labute approximate surface area is 113 Å². The lowest BCUT2D eigenvalue weighted by Crippen LogP contribution is -2.41. The number of carbonyl (C=O) groups excluding carboxylic acids is 1. The lowest BCUT2D eigenvalue weighted by atomic mass is 10.1. The van der Waals surface area contributed by atoms with E-state index < -0.39 is 0 Å². The predicted molar refractivity (Wildman–Crippen MR) is 74.5 cm³/mol. The molecule has 0 fully saturated rings. The summed E-state index contributed by atoms with van der Waals surface area (Å²) in [5.41, 5.74) is 0.335. The highest BCUT2D eigenvalue weighted by Crippen LogP contribution is 2.24. The van der Waals surface area contributed by atoms with E-state index in [4.69, 9.17) is 0 Å². The van der Waals surface area contributed by atoms with Crippen LogP contribution in [0, 0.1) is 0 Å². The van der Waals surface area contributed by atoms with Gasteiger partial charge in [-0.15, -0.1) is 0 Å². The van der Waals surface area contributed by atoms with Gasteiger partial charge in [0.2, 0.25) is 0 Å². The predicted octanol–water partition coefficient (Wildman–Crippen LogP) is 1.56. The molecule has 1 aromatic carbocycles. The fourth-order valence-electron chi connectivity index (χ4n) is 1.89. The standard InChI is InChI=1S/C14H22N2O3/c1-4-16(5-2)9-10(3)15-14(19)11-6-7-12(17)13(18)8-11/h6-8,10,17-18H,4-5,9H2,1-3H3,(H,15,19). The third-order valence-electron chi connectivity index (χ3n) is 3.04. The van der Waals surface area contributed by atoms with Crippen LogP contribution in [-0.2, 0) is 0 Å². The summed E-state index contributed by atoms with van der Waals surface area (Å²) >= 11 is 0. The maximum Gasteiger partial charge on any atom is 0.251 e. The second-order valence-corrected chi connectivity index (χ2v) is 4.56. The molecule has 1 unspecified atom stereocenters. The Bertz CT molecular complexity index is 431. The number of hydrogen-bond acceptors (Lipinski definition) is 4. The third kappa shape index (κ3) is 4.44. The van der Waals surface area contributed by atoms with Gasteiger partial charge >= 0.3 is 0 Å². The molecule has 0 saturated heterocycles. The Morgan fingerprint density at radius 1 is 1.26 bits per heavy atom. The number of amides is 1. The Kier molecular flexibility index (Phi) is 5.63. The molecule has 1 amide bonds. The van der Waals surface area contributed by atoms with E-state index in [1.807, 2.05) is 6.92 Å². The van der Waals surface area contributed by atoms with Crippen molar-refractivity contribution in [3.8, 4) is 11.5 Å². The molecule has 0 aliphatic heterocycles. The zero-order valence-electron chi connectivity index (χ0n) is 11.7. The monoisotopic (exact) mass is 266 g/mol. The summed E-state index contributed by atoms with van der Waals surface area (Å²) in [5.74, 6) is -0.772. The first kappa shape index (κ1) is 15.3. The number of likely N-dealkylation sites (N-methyl/N-ethyl adjacent to an activating group) is 1. The van der Waals surface area contributed by atoms with Gasteiger partial charge in [0, 0.05) is 18.2 Å². The molecule has 5 nitrogen and oxygen atoms in total. The largest absolute Gasteiger partial charge is 0.504 e. The fourth-order valence-corrected chi connectivity index (χ4v) is 1.89. The topological polar surface area (TPSA) is 72.8 Å². The van der Waals surface area contributed by atoms with Crippen molar-refractivity contribution >= 4 is 5.91 Å². The van der Waals surface area contributed by atoms with Crippen LogP contribution >= 0.6 is 0 Å². The first-order valence-electron chi connectivity index (χ1n) is 6.53. The molecule has 0 bridgehead atoms. The Hall–Kier alpha value is -1.75. The van der Waals surface area contributed by atoms with Gasteiger partial charge in [-0.25, -0.2) is 0 Å². The number of aromatic hydroxyl groups is 2. The molecular formula is C14H22N2O3. The molecule has 1 atom stereocenters. The summed E-state index contributed by atoms with van der Waals surface area (Å²) < 4.78 is 0. The Morgan fingerprint density at radius 2 is 1.89 bits per heavy atom. The minimum atomic E-state index is -0.288. The number of phenolic OH excluding ortho intramolecular Hbond substituents is 2. The zero-order valence-corrected chi connectivity index (χ0v) is 11.7. The van der Waals surface area contributed by atoms with Crippen LogP contribution in [0.5, 0.6) is 11.5 Å². The Morgan fingerprint density at radius 3 is 2.42 bits per heavy atom. The molecule has 0 aliphatic carbocycles. The van der Waals surface area contributed by atoms with Gasteiger partial charge in [-0.3, -0.25) is 4.79 Å². The van der Waals surface area contributed by atoms with Gasteiger partial charge < -0.3 is 20.4 Å². The number of hydrogen-bond donors (Lipinski definition) is 3. The summed E-state index contributed by atoms with van der Waals surface area (Å²) in [7, 11) is 0. The van der Waals surface area contributed by atoms with Crippen LogP contribution in [0.15, 0.2) is 18.2 Å². The molecular weight excluding hydrogens is 244 g/mol. The summed E-state index contributed by atoms with van der Waals surface area (Å²) in [6.07, 6.45) is 0. The molecule has 3 N–H and O–H groups in total. The van der Waals surface area contributed by atoms with Crippen molar-refractivity contribution in [1.29, 1.82) is 0 Å². The summed E-state index contributed by atoms with van der Waals surface area (Å²) in [6.45, 7) is 8.76. The lowest BCUT2D eigenvalue weighted by molar-refractivity contribution is 0.0930. The lowest BCUT2D eigenvalue weighted by Gasteiger charge is -2.23. The number of phenols is 2. The van der Waals surface area contributed by atoms with Crippen molar-refractivity contribution in [2.24, 2.45) is 0 Å². The number of rotatable bonds is 6. The highest BCUT2D eigenvalue weighted by molar-refractivity contribution is 5.95. The van der Waals surface area contributed by atoms with Crippen LogP contribution in [-0.4, -0.2) is 46.7 Å². The van der Waals surface area contributed by atoms with Gasteiger partial charge in [0.15, 0.2) is 11.5 Å². The van der Waals surface area contributed by atoms with Gasteiger partial charge in [0.1, 0.15) is 0 Å². The minimum Gasteiger partial charge on any atom is -0.504 e. The highest BCUT2D eigenvalue weighted by Gasteiger charge is 2.13. The SMILES string of the molecule is CCN(CC)CC(C)NC(=O)c1ccc(O)c(O)c1. The van der Waals surface area contributed by atoms with E-state index in [1.54, 1.807) is 0 Å². The molecule has 106 valence electrons. The quantitative estimate of drug-likeness (QED) is 0.683. The van der Waals surface area contributed by atoms with Gasteiger partial charge in [-0.1, -0.05) is 13.8 Å². The van der Waals surface area contributed by atoms with E-state index in [1.165, 1.54) is 18.2 Å². The fraction of sp³-hybridized carbons (Fsp3) is 0.500. The minimum absolute atomic E-state index is 0.0170. The van der Waals surface area contributed by atoms with Crippen molar-refractivity contribution < 1.29 is 15.0 Å². The maximum atomic E-state index is 12.0. The van der Waals surface area contributed by atoms with Gasteiger partial charge in [-0.2, -0.15) is 0 Å². The van der Waals surface area contributed by atoms with Crippen LogP contribution in [0.25, 0.3) is 0 Å². The first-order chi connectivity index (χ1) is 8.97. The smallest absolute Gasteiger partial charge is 0.251 e. The van der Waals surface area contributed by atoms with Crippen LogP contribution in [0.2, 0.25) is 0 Å². The summed E-state index contributed by atoms with van der Waals surface area (Å²) in [5, 5.41) is 21.4. The molecule has 0 heterocycles. The highest BCUT2D eigenvalue weighted by atomic mass is 16.3. The molecule has 19 heavy (non-hydrogen) atoms. The van der Waals surface area contributed by atoms with Crippen molar-refractivity contribution in [2.75, 3.05) is 19.6 Å². The van der Waals surface area contributed by atoms with E-state index >= 15 is 0 Å². The van der Waals surface area contributed by atoms with Crippen LogP contribution < -0.4 is 5.32 Å². The number of nitrogens with zero attached hydrogens (tertiary/aromatic N) is 1. The second-order valence-electron chi connectivity index (χ2n) is 4.56. The maximum absolute atomic E-state index is 12.0. The van der Waals surface area contributed by atoms with E-state index in [9.17, 15) is 15.0 Å². The third-order valence-corrected chi connectivity index (χ3v) is 3.04. The average Bonchev–Trinajstić information content (AvgIpc) is 2.38. The molecule has 0 aliphatic rings. The zero-order chi connectivity index (χ0) is 14.4. The van der Waals surface area contributed by atoms with Crippen molar-refractivity contribution in [1.82, 2.24) is 10.2 Å². The van der Waals surface area contributed by atoms with E-state index in [0.29, 0.717) is 5.56 Å². The number of benzene rings is 1. The van der Waals surface area contributed by atoms with Crippen molar-refractivity contribution in [3.05, 3.63) is 23.8 Å². The molecule has 0 radical (unpaired) electrons. The van der Waals surface area contributed by atoms with E-state index in [-0.39, 0.29) is 23.4 Å². The van der Waals surface area contributed by atoms with Gasteiger partial charge in [0.25, 0.3) is 5.91 Å². The Balaban J connectivity index is 2.61. The molecule has 5 heteroatoms. The van der Waals surface area contributed by atoms with Crippen LogP contribution in [0.3, 0.4) is 0 Å². The molecule has 1 rings (SSSR count). The number of carbonyl (C=O) groups is 1. The molecule has 0 spiro atoms. The van der Waals surface area contributed by atoms with Gasteiger partial charge in [-0.05, 0) is 38.2 Å². The van der Waals surface area contributed by atoms with Crippen LogP contribution in [0.4, 0.5) is 0 Å². The summed E-state index contributed by atoms with van der Waals surface area (Å²) in [4.78, 5) is 14.2.